The Morgan fingerprint density at radius 2 is 2.21 bits per heavy atom. The second kappa shape index (κ2) is 4.16. The van der Waals surface area contributed by atoms with Gasteiger partial charge < -0.3 is 4.74 Å². The maximum Gasteiger partial charge on any atom is 0.313 e. The lowest BCUT2D eigenvalue weighted by molar-refractivity contribution is -0.210. The van der Waals surface area contributed by atoms with E-state index in [9.17, 15) is 4.79 Å². The molecule has 1 aliphatic heterocycles. The van der Waals surface area contributed by atoms with Gasteiger partial charge in [-0.2, -0.15) is 0 Å². The summed E-state index contributed by atoms with van der Waals surface area (Å²) < 4.78 is 5.24. The minimum atomic E-state index is -0.197. The second-order valence-corrected chi connectivity index (χ2v) is 4.51. The van der Waals surface area contributed by atoms with Crippen molar-refractivity contribution in [1.82, 2.24) is 0 Å². The normalized spacial score (nSPS) is 30.6. The summed E-state index contributed by atoms with van der Waals surface area (Å²) in [7, 11) is 0. The van der Waals surface area contributed by atoms with Crippen molar-refractivity contribution in [3.05, 3.63) is 11.6 Å². The lowest BCUT2D eigenvalue weighted by atomic mass is 9.78. The highest BCUT2D eigenvalue weighted by Gasteiger charge is 2.50. The van der Waals surface area contributed by atoms with Crippen LogP contribution in [0.5, 0.6) is 0 Å². The third-order valence-corrected chi connectivity index (χ3v) is 2.96. The largest absolute Gasteiger partial charge is 0.458 e. The van der Waals surface area contributed by atoms with Crippen molar-refractivity contribution >= 4 is 5.97 Å². The topological polar surface area (TPSA) is 26.3 Å². The highest BCUT2D eigenvalue weighted by molar-refractivity contribution is 5.80. The summed E-state index contributed by atoms with van der Waals surface area (Å²) in [5.41, 5.74) is 1.13. The van der Waals surface area contributed by atoms with E-state index in [1.807, 2.05) is 13.8 Å². The Morgan fingerprint density at radius 1 is 1.57 bits per heavy atom. The first-order valence-electron chi connectivity index (χ1n) is 5.36. The molecule has 1 fully saturated rings. The van der Waals surface area contributed by atoms with E-state index in [2.05, 4.69) is 19.9 Å². The molecule has 1 heterocycles. The number of ether oxygens (including phenoxy) is 1. The summed E-state index contributed by atoms with van der Waals surface area (Å²) in [5.74, 6) is 0.0975. The van der Waals surface area contributed by atoms with Crippen LogP contribution in [0.1, 0.15) is 47.0 Å². The van der Waals surface area contributed by atoms with Crippen LogP contribution >= 0.6 is 0 Å². The predicted molar refractivity (Wildman–Crippen MR) is 56.9 cm³/mol. The summed E-state index contributed by atoms with van der Waals surface area (Å²) in [6, 6.07) is 0. The van der Waals surface area contributed by atoms with Crippen LogP contribution in [0.4, 0.5) is 0 Å². The third-order valence-electron chi connectivity index (χ3n) is 2.96. The van der Waals surface area contributed by atoms with Gasteiger partial charge in [0.2, 0.25) is 0 Å². The highest BCUT2D eigenvalue weighted by atomic mass is 16.6. The lowest BCUT2D eigenvalue weighted by Crippen LogP contribution is -2.54. The first-order chi connectivity index (χ1) is 6.49. The molecule has 2 heteroatoms. The monoisotopic (exact) mass is 196 g/mol. The van der Waals surface area contributed by atoms with E-state index in [4.69, 9.17) is 4.74 Å². The van der Waals surface area contributed by atoms with E-state index >= 15 is 0 Å². The zero-order valence-electron chi connectivity index (χ0n) is 9.59. The molecule has 14 heavy (non-hydrogen) atoms. The molecule has 0 spiro atoms. The van der Waals surface area contributed by atoms with Crippen LogP contribution in [0.15, 0.2) is 11.6 Å². The average molecular weight is 196 g/mol. The van der Waals surface area contributed by atoms with Gasteiger partial charge in [0, 0.05) is 0 Å². The fraction of sp³-hybridized carbons (Fsp3) is 0.750. The molecule has 0 aliphatic carbocycles. The zero-order valence-corrected chi connectivity index (χ0v) is 9.59. The van der Waals surface area contributed by atoms with Crippen LogP contribution in [0.3, 0.4) is 0 Å². The fourth-order valence-electron chi connectivity index (χ4n) is 2.03. The Labute approximate surface area is 86.3 Å². The van der Waals surface area contributed by atoms with Crippen molar-refractivity contribution in [2.75, 3.05) is 0 Å². The van der Waals surface area contributed by atoms with Gasteiger partial charge in [0.05, 0.1) is 5.92 Å². The van der Waals surface area contributed by atoms with Crippen molar-refractivity contribution in [1.29, 1.82) is 0 Å². The van der Waals surface area contributed by atoms with Gasteiger partial charge in [0.1, 0.15) is 5.60 Å². The fourth-order valence-corrected chi connectivity index (χ4v) is 2.03. The van der Waals surface area contributed by atoms with E-state index in [1.54, 1.807) is 0 Å². The molecule has 0 aromatic rings. The molecule has 80 valence electrons. The Balaban J connectivity index is 2.44. The number of carbonyl (C=O) groups excluding carboxylic acids is 1. The summed E-state index contributed by atoms with van der Waals surface area (Å²) in [6.07, 6.45) is 5.04. The Morgan fingerprint density at radius 3 is 2.64 bits per heavy atom. The molecule has 1 rings (SSSR count). The van der Waals surface area contributed by atoms with Crippen LogP contribution < -0.4 is 0 Å². The Hall–Kier alpha value is -0.790. The van der Waals surface area contributed by atoms with Gasteiger partial charge in [0.15, 0.2) is 0 Å². The molecule has 0 aromatic carbocycles. The van der Waals surface area contributed by atoms with Crippen LogP contribution in [-0.2, 0) is 9.53 Å². The molecule has 0 amide bonds. The SMILES string of the molecule is CC[C@@H]1C(=O)O[C@]1(C)CCC=C(C)C. The molecule has 2 atom stereocenters. The van der Waals surface area contributed by atoms with Crippen molar-refractivity contribution in [3.8, 4) is 0 Å². The molecule has 0 N–H and O–H groups in total. The smallest absolute Gasteiger partial charge is 0.313 e. The summed E-state index contributed by atoms with van der Waals surface area (Å²) in [6.45, 7) is 8.27. The maximum atomic E-state index is 11.1. The van der Waals surface area contributed by atoms with Crippen molar-refractivity contribution < 1.29 is 9.53 Å². The maximum absolute atomic E-state index is 11.1. The number of allylic oxidation sites excluding steroid dienone is 2. The molecule has 0 unspecified atom stereocenters. The zero-order chi connectivity index (χ0) is 10.8. The minimum Gasteiger partial charge on any atom is -0.458 e. The summed E-state index contributed by atoms with van der Waals surface area (Å²) in [4.78, 5) is 11.1. The van der Waals surface area contributed by atoms with Gasteiger partial charge in [-0.3, -0.25) is 4.79 Å². The summed E-state index contributed by atoms with van der Waals surface area (Å²) >= 11 is 0. The molecule has 1 aliphatic rings. The van der Waals surface area contributed by atoms with Gasteiger partial charge in [-0.25, -0.2) is 0 Å². The molecule has 2 nitrogen and oxygen atoms in total. The first kappa shape index (κ1) is 11.3. The van der Waals surface area contributed by atoms with Gasteiger partial charge >= 0.3 is 5.97 Å². The van der Waals surface area contributed by atoms with Crippen molar-refractivity contribution in [3.63, 3.8) is 0 Å². The van der Waals surface area contributed by atoms with Crippen LogP contribution in [0, 0.1) is 5.92 Å². The van der Waals surface area contributed by atoms with Gasteiger partial charge in [-0.05, 0) is 40.0 Å². The Bertz CT molecular complexity index is 251. The summed E-state index contributed by atoms with van der Waals surface area (Å²) in [5, 5.41) is 0. The van der Waals surface area contributed by atoms with E-state index in [0.717, 1.165) is 19.3 Å². The highest BCUT2D eigenvalue weighted by Crippen LogP contribution is 2.40. The van der Waals surface area contributed by atoms with Crippen molar-refractivity contribution in [2.24, 2.45) is 5.92 Å². The number of hydrogen-bond acceptors (Lipinski definition) is 2. The van der Waals surface area contributed by atoms with Crippen LogP contribution in [0.2, 0.25) is 0 Å². The first-order valence-corrected chi connectivity index (χ1v) is 5.36. The molecule has 0 saturated carbocycles. The second-order valence-electron chi connectivity index (χ2n) is 4.51. The standard InChI is InChI=1S/C12H20O2/c1-5-10-11(13)14-12(10,4)8-6-7-9(2)3/h7,10H,5-6,8H2,1-4H3/t10-,12-/m1/s1. The number of hydrogen-bond donors (Lipinski definition) is 0. The molecular formula is C12H20O2. The van der Waals surface area contributed by atoms with Crippen LogP contribution in [-0.4, -0.2) is 11.6 Å². The van der Waals surface area contributed by atoms with Gasteiger partial charge in [0.25, 0.3) is 0 Å². The number of carbonyl (C=O) groups is 1. The third kappa shape index (κ3) is 2.17. The van der Waals surface area contributed by atoms with E-state index < -0.39 is 0 Å². The van der Waals surface area contributed by atoms with Crippen molar-refractivity contribution in [2.45, 2.75) is 52.6 Å². The Kier molecular flexibility index (Phi) is 3.35. The van der Waals surface area contributed by atoms with E-state index in [1.165, 1.54) is 5.57 Å². The van der Waals surface area contributed by atoms with E-state index in [0.29, 0.717) is 0 Å². The number of esters is 1. The number of cyclic esters (lactones) is 1. The lowest BCUT2D eigenvalue weighted by Gasteiger charge is -2.44. The molecular weight excluding hydrogens is 176 g/mol. The predicted octanol–water partition coefficient (Wildman–Crippen LogP) is 3.07. The van der Waals surface area contributed by atoms with Crippen LogP contribution in [0.25, 0.3) is 0 Å². The molecule has 1 saturated heterocycles. The molecule has 0 radical (unpaired) electrons. The van der Waals surface area contributed by atoms with Gasteiger partial charge in [-0.15, -0.1) is 0 Å². The average Bonchev–Trinajstić information content (AvgIpc) is 2.03. The van der Waals surface area contributed by atoms with E-state index in [-0.39, 0.29) is 17.5 Å². The minimum absolute atomic E-state index is 0.0211. The molecule has 0 bridgehead atoms. The quantitative estimate of drug-likeness (QED) is 0.510. The molecule has 0 aromatic heterocycles. The van der Waals surface area contributed by atoms with Gasteiger partial charge in [-0.1, -0.05) is 18.6 Å². The number of rotatable bonds is 4.